The van der Waals surface area contributed by atoms with E-state index in [0.717, 1.165) is 21.1 Å². The van der Waals surface area contributed by atoms with Gasteiger partial charge in [0.25, 0.3) is 5.91 Å². The molecule has 0 unspecified atom stereocenters. The SMILES string of the molecule is C=CC(=O)N1CC(NC(=O)Cn2cc(C(=O)NCCc3ccco3)c3cc(Br)ccc32)C1. The number of likely N-dealkylation sites (tertiary alicyclic amines) is 1. The maximum Gasteiger partial charge on any atom is 0.253 e. The van der Waals surface area contributed by atoms with Crippen molar-refractivity contribution < 1.29 is 18.8 Å². The average Bonchev–Trinajstić information content (AvgIpc) is 3.38. The van der Waals surface area contributed by atoms with E-state index in [9.17, 15) is 14.4 Å². The molecule has 32 heavy (non-hydrogen) atoms. The van der Waals surface area contributed by atoms with Crippen LogP contribution in [0.25, 0.3) is 10.9 Å². The summed E-state index contributed by atoms with van der Waals surface area (Å²) in [6.07, 6.45) is 5.17. The zero-order chi connectivity index (χ0) is 22.7. The molecule has 1 aromatic carbocycles. The number of benzene rings is 1. The first kappa shape index (κ1) is 21.9. The molecule has 0 bridgehead atoms. The Kier molecular flexibility index (Phi) is 6.45. The molecule has 4 rings (SSSR count). The summed E-state index contributed by atoms with van der Waals surface area (Å²) in [6, 6.07) is 9.22. The second-order valence-corrected chi connectivity index (χ2v) is 8.54. The van der Waals surface area contributed by atoms with Crippen LogP contribution in [0.15, 0.2) is 64.3 Å². The smallest absolute Gasteiger partial charge is 0.253 e. The highest BCUT2D eigenvalue weighted by atomic mass is 79.9. The summed E-state index contributed by atoms with van der Waals surface area (Å²) in [4.78, 5) is 38.6. The summed E-state index contributed by atoms with van der Waals surface area (Å²) in [5, 5.41) is 6.60. The standard InChI is InChI=1S/C23H23BrN4O4/c1-2-22(30)28-11-16(12-28)26-21(29)14-27-13-19(18-10-15(24)5-6-20(18)27)23(31)25-8-7-17-4-3-9-32-17/h2-6,9-10,13,16H,1,7-8,11-12,14H2,(H,25,31)(H,26,29). The number of hydrogen-bond donors (Lipinski definition) is 2. The number of carbonyl (C=O) groups is 3. The first-order valence-corrected chi connectivity index (χ1v) is 11.0. The van der Waals surface area contributed by atoms with Crippen molar-refractivity contribution in [2.75, 3.05) is 19.6 Å². The van der Waals surface area contributed by atoms with E-state index < -0.39 is 0 Å². The lowest BCUT2D eigenvalue weighted by molar-refractivity contribution is -0.133. The lowest BCUT2D eigenvalue weighted by Gasteiger charge is -2.38. The number of amides is 3. The number of rotatable bonds is 8. The number of fused-ring (bicyclic) bond motifs is 1. The molecule has 3 aromatic rings. The first-order chi connectivity index (χ1) is 15.4. The van der Waals surface area contributed by atoms with Gasteiger partial charge in [-0.3, -0.25) is 14.4 Å². The van der Waals surface area contributed by atoms with Crippen molar-refractivity contribution in [2.24, 2.45) is 0 Å². The number of carbonyl (C=O) groups excluding carboxylic acids is 3. The number of furan rings is 1. The van der Waals surface area contributed by atoms with E-state index in [2.05, 4.69) is 33.1 Å². The summed E-state index contributed by atoms with van der Waals surface area (Å²) in [7, 11) is 0. The van der Waals surface area contributed by atoms with E-state index >= 15 is 0 Å². The van der Waals surface area contributed by atoms with Gasteiger partial charge in [0.2, 0.25) is 11.8 Å². The molecule has 0 spiro atoms. The Bertz CT molecular complexity index is 1160. The van der Waals surface area contributed by atoms with Crippen LogP contribution in [0.4, 0.5) is 0 Å². The minimum Gasteiger partial charge on any atom is -0.469 e. The van der Waals surface area contributed by atoms with Crippen LogP contribution >= 0.6 is 15.9 Å². The number of nitrogens with one attached hydrogen (secondary N) is 2. The van der Waals surface area contributed by atoms with Gasteiger partial charge in [-0.05, 0) is 36.4 Å². The molecule has 0 aliphatic carbocycles. The monoisotopic (exact) mass is 498 g/mol. The fraction of sp³-hybridized carbons (Fsp3) is 0.261. The van der Waals surface area contributed by atoms with E-state index in [1.165, 1.54) is 6.08 Å². The van der Waals surface area contributed by atoms with Crippen molar-refractivity contribution in [3.05, 3.63) is 71.2 Å². The van der Waals surface area contributed by atoms with Gasteiger partial charge in [0.15, 0.2) is 0 Å². The second kappa shape index (κ2) is 9.44. The van der Waals surface area contributed by atoms with Crippen molar-refractivity contribution >= 4 is 44.6 Å². The normalized spacial score (nSPS) is 13.6. The van der Waals surface area contributed by atoms with Crippen LogP contribution in [0.2, 0.25) is 0 Å². The Morgan fingerprint density at radius 3 is 2.78 bits per heavy atom. The first-order valence-electron chi connectivity index (χ1n) is 10.2. The molecule has 1 saturated heterocycles. The Morgan fingerprint density at radius 1 is 1.25 bits per heavy atom. The van der Waals surface area contributed by atoms with Gasteiger partial charge in [-0.1, -0.05) is 22.5 Å². The van der Waals surface area contributed by atoms with Gasteiger partial charge >= 0.3 is 0 Å². The Balaban J connectivity index is 1.43. The Morgan fingerprint density at radius 2 is 2.06 bits per heavy atom. The largest absolute Gasteiger partial charge is 0.469 e. The van der Waals surface area contributed by atoms with Crippen LogP contribution in [-0.2, 0) is 22.6 Å². The fourth-order valence-corrected chi connectivity index (χ4v) is 4.10. The molecule has 0 radical (unpaired) electrons. The molecule has 3 heterocycles. The Labute approximate surface area is 193 Å². The molecule has 8 nitrogen and oxygen atoms in total. The predicted octanol–water partition coefficient (Wildman–Crippen LogP) is 2.48. The van der Waals surface area contributed by atoms with Gasteiger partial charge in [-0.2, -0.15) is 0 Å². The van der Waals surface area contributed by atoms with Crippen LogP contribution in [-0.4, -0.2) is 52.9 Å². The summed E-state index contributed by atoms with van der Waals surface area (Å²) < 4.78 is 7.91. The summed E-state index contributed by atoms with van der Waals surface area (Å²) >= 11 is 3.46. The molecule has 2 aromatic heterocycles. The summed E-state index contributed by atoms with van der Waals surface area (Å²) in [5.41, 5.74) is 1.29. The number of hydrogen-bond acceptors (Lipinski definition) is 4. The molecule has 1 aliphatic heterocycles. The van der Waals surface area contributed by atoms with E-state index in [0.29, 0.717) is 31.6 Å². The van der Waals surface area contributed by atoms with Crippen LogP contribution < -0.4 is 10.6 Å². The maximum atomic E-state index is 12.8. The fourth-order valence-electron chi connectivity index (χ4n) is 3.74. The number of nitrogens with zero attached hydrogens (tertiary/aromatic N) is 2. The van der Waals surface area contributed by atoms with Crippen LogP contribution in [0.3, 0.4) is 0 Å². The van der Waals surface area contributed by atoms with Crippen LogP contribution in [0.1, 0.15) is 16.1 Å². The topological polar surface area (TPSA) is 96.6 Å². The van der Waals surface area contributed by atoms with Crippen molar-refractivity contribution in [3.63, 3.8) is 0 Å². The molecule has 1 fully saturated rings. The summed E-state index contributed by atoms with van der Waals surface area (Å²) in [5.74, 6) is 0.276. The van der Waals surface area contributed by atoms with Crippen LogP contribution in [0, 0.1) is 0 Å². The molecule has 166 valence electrons. The molecule has 0 saturated carbocycles. The minimum atomic E-state index is -0.212. The van der Waals surface area contributed by atoms with E-state index in [-0.39, 0.29) is 30.3 Å². The lowest BCUT2D eigenvalue weighted by atomic mass is 10.1. The number of aromatic nitrogens is 1. The molecular weight excluding hydrogens is 476 g/mol. The molecule has 3 amide bonds. The molecule has 1 aliphatic rings. The van der Waals surface area contributed by atoms with Gasteiger partial charge in [-0.25, -0.2) is 0 Å². The van der Waals surface area contributed by atoms with Gasteiger partial charge in [0.1, 0.15) is 12.3 Å². The van der Waals surface area contributed by atoms with E-state index in [1.54, 1.807) is 21.9 Å². The van der Waals surface area contributed by atoms with Crippen molar-refractivity contribution in [1.82, 2.24) is 20.1 Å². The highest BCUT2D eigenvalue weighted by Gasteiger charge is 2.30. The molecule has 9 heteroatoms. The molecular formula is C23H23BrN4O4. The quantitative estimate of drug-likeness (QED) is 0.466. The molecule has 2 N–H and O–H groups in total. The zero-order valence-corrected chi connectivity index (χ0v) is 18.9. The second-order valence-electron chi connectivity index (χ2n) is 7.63. The van der Waals surface area contributed by atoms with Gasteiger partial charge in [-0.15, -0.1) is 0 Å². The Hall–Kier alpha value is -3.33. The van der Waals surface area contributed by atoms with Crippen LogP contribution in [0.5, 0.6) is 0 Å². The van der Waals surface area contributed by atoms with Crippen molar-refractivity contribution in [3.8, 4) is 0 Å². The third-order valence-electron chi connectivity index (χ3n) is 5.37. The third kappa shape index (κ3) is 4.77. The van der Waals surface area contributed by atoms with E-state index in [4.69, 9.17) is 4.42 Å². The number of halogens is 1. The van der Waals surface area contributed by atoms with Gasteiger partial charge < -0.3 is 24.5 Å². The lowest BCUT2D eigenvalue weighted by Crippen LogP contribution is -2.61. The predicted molar refractivity (Wildman–Crippen MR) is 123 cm³/mol. The summed E-state index contributed by atoms with van der Waals surface area (Å²) in [6.45, 7) is 4.92. The minimum absolute atomic E-state index is 0.0731. The molecule has 0 atom stereocenters. The maximum absolute atomic E-state index is 12.8. The third-order valence-corrected chi connectivity index (χ3v) is 5.86. The highest BCUT2D eigenvalue weighted by molar-refractivity contribution is 9.10. The van der Waals surface area contributed by atoms with Gasteiger partial charge in [0, 0.05) is 47.6 Å². The van der Waals surface area contributed by atoms with E-state index in [1.807, 2.05) is 30.3 Å². The highest BCUT2D eigenvalue weighted by Crippen LogP contribution is 2.25. The zero-order valence-electron chi connectivity index (χ0n) is 17.3. The van der Waals surface area contributed by atoms with Crippen molar-refractivity contribution in [2.45, 2.75) is 19.0 Å². The van der Waals surface area contributed by atoms with Gasteiger partial charge in [0.05, 0.1) is 17.9 Å². The average molecular weight is 499 g/mol. The van der Waals surface area contributed by atoms with Crippen molar-refractivity contribution in [1.29, 1.82) is 0 Å².